The van der Waals surface area contributed by atoms with Crippen molar-refractivity contribution in [3.63, 3.8) is 0 Å². The van der Waals surface area contributed by atoms with Crippen LogP contribution in [0.15, 0.2) is 29.9 Å². The lowest BCUT2D eigenvalue weighted by atomic mass is 10.4. The molecular formula is C12H9N5O2S. The van der Waals surface area contributed by atoms with Crippen molar-refractivity contribution in [1.29, 1.82) is 0 Å². The van der Waals surface area contributed by atoms with E-state index >= 15 is 0 Å². The molecule has 0 bridgehead atoms. The Kier molecular flexibility index (Phi) is 3.21. The van der Waals surface area contributed by atoms with Gasteiger partial charge in [-0.15, -0.1) is 11.3 Å². The van der Waals surface area contributed by atoms with E-state index in [2.05, 4.69) is 25.3 Å². The molecular weight excluding hydrogens is 278 g/mol. The Hall–Kier alpha value is -2.61. The molecule has 0 spiro atoms. The minimum Gasteiger partial charge on any atom is -0.476 e. The van der Waals surface area contributed by atoms with Crippen molar-refractivity contribution in [2.24, 2.45) is 0 Å². The maximum atomic E-state index is 10.7. The van der Waals surface area contributed by atoms with Gasteiger partial charge in [-0.05, 0) is 12.1 Å². The number of nitrogens with zero attached hydrogens (tertiary/aromatic N) is 4. The molecule has 0 amide bonds. The number of anilines is 1. The van der Waals surface area contributed by atoms with E-state index in [0.29, 0.717) is 23.0 Å². The van der Waals surface area contributed by atoms with Gasteiger partial charge in [-0.2, -0.15) is 0 Å². The summed E-state index contributed by atoms with van der Waals surface area (Å²) in [5.74, 6) is -0.378. The van der Waals surface area contributed by atoms with Crippen LogP contribution in [0.25, 0.3) is 11.2 Å². The van der Waals surface area contributed by atoms with Crippen molar-refractivity contribution in [2.75, 3.05) is 5.32 Å². The molecule has 0 aliphatic heterocycles. The molecule has 0 atom stereocenters. The Bertz CT molecular complexity index is 773. The summed E-state index contributed by atoms with van der Waals surface area (Å²) < 4.78 is 0. The molecule has 0 radical (unpaired) electrons. The van der Waals surface area contributed by atoms with E-state index < -0.39 is 5.97 Å². The largest absolute Gasteiger partial charge is 0.476 e. The highest BCUT2D eigenvalue weighted by atomic mass is 32.1. The number of thiazole rings is 1. The summed E-state index contributed by atoms with van der Waals surface area (Å²) >= 11 is 1.29. The van der Waals surface area contributed by atoms with E-state index in [1.807, 2.05) is 6.07 Å². The number of nitrogens with one attached hydrogen (secondary N) is 1. The molecule has 3 aromatic heterocycles. The zero-order valence-corrected chi connectivity index (χ0v) is 11.0. The monoisotopic (exact) mass is 287 g/mol. The van der Waals surface area contributed by atoms with Crippen molar-refractivity contribution < 1.29 is 9.90 Å². The van der Waals surface area contributed by atoms with E-state index in [1.165, 1.54) is 16.7 Å². The quantitative estimate of drug-likeness (QED) is 0.754. The van der Waals surface area contributed by atoms with E-state index in [-0.39, 0.29) is 5.69 Å². The summed E-state index contributed by atoms with van der Waals surface area (Å²) in [5, 5.41) is 14.1. The highest BCUT2D eigenvalue weighted by Gasteiger charge is 2.08. The van der Waals surface area contributed by atoms with Gasteiger partial charge in [-0.3, -0.25) is 4.98 Å². The minimum absolute atomic E-state index is 0.0594. The molecule has 0 fully saturated rings. The van der Waals surface area contributed by atoms with E-state index in [1.54, 1.807) is 18.5 Å². The van der Waals surface area contributed by atoms with E-state index in [0.717, 1.165) is 5.52 Å². The smallest absolute Gasteiger partial charge is 0.355 e. The Labute approximate surface area is 117 Å². The van der Waals surface area contributed by atoms with Crippen LogP contribution in [-0.4, -0.2) is 31.0 Å². The third kappa shape index (κ3) is 2.54. The molecule has 7 nitrogen and oxygen atoms in total. The standard InChI is InChI=1S/C12H9N5O2S/c18-12(19)8-6-20-10(16-8)5-15-9-2-1-7-11(17-9)14-4-3-13-7/h1-4,6H,5H2,(H,18,19)(H,14,15,17). The molecule has 3 rings (SSSR count). The molecule has 0 aliphatic rings. The second kappa shape index (κ2) is 5.17. The van der Waals surface area contributed by atoms with Gasteiger partial charge in [0, 0.05) is 17.8 Å². The number of hydrogen-bond acceptors (Lipinski definition) is 7. The normalized spacial score (nSPS) is 10.6. The topological polar surface area (TPSA) is 101 Å². The predicted octanol–water partition coefficient (Wildman–Crippen LogP) is 1.79. The average Bonchev–Trinajstić information content (AvgIpc) is 2.94. The van der Waals surface area contributed by atoms with Gasteiger partial charge in [0.15, 0.2) is 11.3 Å². The lowest BCUT2D eigenvalue weighted by Gasteiger charge is -2.03. The van der Waals surface area contributed by atoms with Crippen molar-refractivity contribution >= 4 is 34.3 Å². The molecule has 3 heterocycles. The van der Waals surface area contributed by atoms with Gasteiger partial charge in [-0.1, -0.05) is 0 Å². The van der Waals surface area contributed by atoms with Crippen LogP contribution in [0.1, 0.15) is 15.5 Å². The van der Waals surface area contributed by atoms with Crippen LogP contribution in [0.2, 0.25) is 0 Å². The van der Waals surface area contributed by atoms with E-state index in [9.17, 15) is 4.79 Å². The zero-order chi connectivity index (χ0) is 13.9. The van der Waals surface area contributed by atoms with E-state index in [4.69, 9.17) is 5.11 Å². The highest BCUT2D eigenvalue weighted by molar-refractivity contribution is 7.09. The fourth-order valence-electron chi connectivity index (χ4n) is 1.61. The summed E-state index contributed by atoms with van der Waals surface area (Å²) in [7, 11) is 0. The van der Waals surface area contributed by atoms with Gasteiger partial charge in [0.2, 0.25) is 0 Å². The maximum absolute atomic E-state index is 10.7. The molecule has 0 saturated carbocycles. The fourth-order valence-corrected chi connectivity index (χ4v) is 2.32. The predicted molar refractivity (Wildman–Crippen MR) is 73.7 cm³/mol. The van der Waals surface area contributed by atoms with Crippen molar-refractivity contribution in [3.05, 3.63) is 40.6 Å². The lowest BCUT2D eigenvalue weighted by Crippen LogP contribution is -2.03. The van der Waals surface area contributed by atoms with Crippen LogP contribution < -0.4 is 5.32 Å². The van der Waals surface area contributed by atoms with Gasteiger partial charge in [0.25, 0.3) is 0 Å². The Morgan fingerprint density at radius 2 is 2.10 bits per heavy atom. The van der Waals surface area contributed by atoms with Gasteiger partial charge in [-0.25, -0.2) is 19.7 Å². The van der Waals surface area contributed by atoms with Crippen LogP contribution in [0.4, 0.5) is 5.82 Å². The average molecular weight is 287 g/mol. The number of aromatic nitrogens is 4. The first-order valence-electron chi connectivity index (χ1n) is 5.72. The fraction of sp³-hybridized carbons (Fsp3) is 0.0833. The molecule has 0 aromatic carbocycles. The number of rotatable bonds is 4. The van der Waals surface area contributed by atoms with Crippen molar-refractivity contribution in [1.82, 2.24) is 19.9 Å². The summed E-state index contributed by atoms with van der Waals surface area (Å²) in [6.45, 7) is 0.413. The Morgan fingerprint density at radius 3 is 2.90 bits per heavy atom. The molecule has 100 valence electrons. The van der Waals surface area contributed by atoms with Gasteiger partial charge in [0.05, 0.1) is 6.54 Å². The first-order valence-corrected chi connectivity index (χ1v) is 6.60. The van der Waals surface area contributed by atoms with Crippen LogP contribution in [0, 0.1) is 0 Å². The molecule has 20 heavy (non-hydrogen) atoms. The first kappa shape index (κ1) is 12.4. The molecule has 8 heteroatoms. The number of carboxylic acids is 1. The van der Waals surface area contributed by atoms with Crippen molar-refractivity contribution in [3.8, 4) is 0 Å². The van der Waals surface area contributed by atoms with Gasteiger partial charge >= 0.3 is 5.97 Å². The summed E-state index contributed by atoms with van der Waals surface area (Å²) in [6.07, 6.45) is 3.19. The number of hydrogen-bond donors (Lipinski definition) is 2. The van der Waals surface area contributed by atoms with Crippen LogP contribution in [0.5, 0.6) is 0 Å². The number of carboxylic acid groups (broad SMARTS) is 1. The van der Waals surface area contributed by atoms with Crippen LogP contribution in [0.3, 0.4) is 0 Å². The lowest BCUT2D eigenvalue weighted by molar-refractivity contribution is 0.0691. The number of aromatic carboxylic acids is 1. The van der Waals surface area contributed by atoms with Gasteiger partial charge < -0.3 is 10.4 Å². The molecule has 0 unspecified atom stereocenters. The third-order valence-electron chi connectivity index (χ3n) is 2.52. The Balaban J connectivity index is 1.74. The second-order valence-corrected chi connectivity index (χ2v) is 4.82. The summed E-state index contributed by atoms with van der Waals surface area (Å²) in [4.78, 5) is 27.3. The van der Waals surface area contributed by atoms with Gasteiger partial charge in [0.1, 0.15) is 16.3 Å². The van der Waals surface area contributed by atoms with Crippen molar-refractivity contribution in [2.45, 2.75) is 6.54 Å². The first-order chi connectivity index (χ1) is 9.72. The number of pyridine rings is 1. The molecule has 0 aliphatic carbocycles. The molecule has 0 saturated heterocycles. The number of carbonyl (C=O) groups is 1. The maximum Gasteiger partial charge on any atom is 0.355 e. The summed E-state index contributed by atoms with van der Waals surface area (Å²) in [5.41, 5.74) is 1.34. The molecule has 3 aromatic rings. The Morgan fingerprint density at radius 1 is 1.25 bits per heavy atom. The highest BCUT2D eigenvalue weighted by Crippen LogP contribution is 2.14. The number of fused-ring (bicyclic) bond motifs is 1. The SMILES string of the molecule is O=C(O)c1csc(CNc2ccc3nccnc3n2)n1. The minimum atomic E-state index is -1.02. The molecule has 2 N–H and O–H groups in total. The summed E-state index contributed by atoms with van der Waals surface area (Å²) in [6, 6.07) is 3.62. The van der Waals surface area contributed by atoms with Crippen LogP contribution >= 0.6 is 11.3 Å². The van der Waals surface area contributed by atoms with Crippen LogP contribution in [-0.2, 0) is 6.54 Å². The second-order valence-electron chi connectivity index (χ2n) is 3.88. The third-order valence-corrected chi connectivity index (χ3v) is 3.37. The zero-order valence-electron chi connectivity index (χ0n) is 10.1.